The van der Waals surface area contributed by atoms with Gasteiger partial charge in [-0.05, 0) is 20.3 Å². The molecule has 1 atom stereocenters. The molecule has 1 unspecified atom stereocenters. The van der Waals surface area contributed by atoms with Crippen LogP contribution in [0.2, 0.25) is 0 Å². The number of aryl methyl sites for hydroxylation is 2. The highest BCUT2D eigenvalue weighted by molar-refractivity contribution is 6.16. The maximum absolute atomic E-state index is 6.03. The molecule has 0 N–H and O–H groups in total. The minimum Gasteiger partial charge on any atom is -0.380 e. The van der Waals surface area contributed by atoms with Gasteiger partial charge < -0.3 is 9.30 Å². The van der Waals surface area contributed by atoms with Gasteiger partial charge in [-0.15, -0.1) is 11.6 Å². The molecule has 0 radical (unpaired) electrons. The van der Waals surface area contributed by atoms with Gasteiger partial charge in [0.15, 0.2) is 5.65 Å². The Bertz CT molecular complexity index is 560. The Labute approximate surface area is 118 Å². The number of halogens is 1. The SMILES string of the molecule is CCOCC(C)n1c(CCl)nc2c(CC)nn(C)c21. The third kappa shape index (κ3) is 2.49. The summed E-state index contributed by atoms with van der Waals surface area (Å²) < 4.78 is 9.55. The maximum Gasteiger partial charge on any atom is 0.159 e. The van der Waals surface area contributed by atoms with Crippen LogP contribution in [0, 0.1) is 0 Å². The first kappa shape index (κ1) is 14.3. The fourth-order valence-corrected chi connectivity index (χ4v) is 2.59. The third-order valence-electron chi connectivity index (χ3n) is 3.27. The Morgan fingerprint density at radius 3 is 2.68 bits per heavy atom. The molecular weight excluding hydrogens is 264 g/mol. The van der Waals surface area contributed by atoms with Crippen LogP contribution in [0.5, 0.6) is 0 Å². The first-order valence-electron chi connectivity index (χ1n) is 6.70. The largest absolute Gasteiger partial charge is 0.380 e. The summed E-state index contributed by atoms with van der Waals surface area (Å²) in [6.07, 6.45) is 0.871. The van der Waals surface area contributed by atoms with Crippen molar-refractivity contribution >= 4 is 22.8 Å². The Morgan fingerprint density at radius 1 is 1.37 bits per heavy atom. The fraction of sp³-hybridized carbons (Fsp3) is 0.692. The summed E-state index contributed by atoms with van der Waals surface area (Å²) in [5.41, 5.74) is 3.01. The van der Waals surface area contributed by atoms with Crippen LogP contribution in [0.4, 0.5) is 0 Å². The van der Waals surface area contributed by atoms with Crippen molar-refractivity contribution in [3.8, 4) is 0 Å². The van der Waals surface area contributed by atoms with Gasteiger partial charge in [0.05, 0.1) is 24.2 Å². The molecule has 0 spiro atoms. The first-order valence-corrected chi connectivity index (χ1v) is 7.23. The molecule has 6 heteroatoms. The first-order chi connectivity index (χ1) is 9.13. The van der Waals surface area contributed by atoms with Crippen LogP contribution in [0.25, 0.3) is 11.2 Å². The number of fused-ring (bicyclic) bond motifs is 1. The normalized spacial score (nSPS) is 13.3. The lowest BCUT2D eigenvalue weighted by molar-refractivity contribution is 0.119. The van der Waals surface area contributed by atoms with Gasteiger partial charge in [0.2, 0.25) is 0 Å². The van der Waals surface area contributed by atoms with Gasteiger partial charge in [0.25, 0.3) is 0 Å². The molecule has 2 aromatic rings. The van der Waals surface area contributed by atoms with Crippen molar-refractivity contribution in [2.24, 2.45) is 7.05 Å². The molecule has 0 amide bonds. The molecular formula is C13H21ClN4O. The predicted octanol–water partition coefficient (Wildman–Crippen LogP) is 2.67. The molecule has 5 nitrogen and oxygen atoms in total. The van der Waals surface area contributed by atoms with Crippen molar-refractivity contribution in [2.45, 2.75) is 39.1 Å². The fourth-order valence-electron chi connectivity index (χ4n) is 2.41. The molecule has 0 fully saturated rings. The molecule has 0 aliphatic carbocycles. The Morgan fingerprint density at radius 2 is 2.11 bits per heavy atom. The molecule has 2 rings (SSSR count). The maximum atomic E-state index is 6.03. The van der Waals surface area contributed by atoms with Crippen LogP contribution in [0.1, 0.15) is 38.3 Å². The van der Waals surface area contributed by atoms with Gasteiger partial charge in [0, 0.05) is 13.7 Å². The van der Waals surface area contributed by atoms with E-state index in [2.05, 4.69) is 28.5 Å². The van der Waals surface area contributed by atoms with E-state index in [1.54, 1.807) is 0 Å². The molecule has 2 aromatic heterocycles. The second-order valence-corrected chi connectivity index (χ2v) is 4.90. The van der Waals surface area contributed by atoms with Crippen LogP contribution >= 0.6 is 11.6 Å². The van der Waals surface area contributed by atoms with Crippen molar-refractivity contribution in [3.05, 3.63) is 11.5 Å². The number of nitrogens with zero attached hydrogens (tertiary/aromatic N) is 4. The highest BCUT2D eigenvalue weighted by Crippen LogP contribution is 2.25. The molecule has 0 aromatic carbocycles. The van der Waals surface area contributed by atoms with E-state index >= 15 is 0 Å². The highest BCUT2D eigenvalue weighted by Gasteiger charge is 2.21. The molecule has 2 heterocycles. The van der Waals surface area contributed by atoms with Crippen LogP contribution in [-0.4, -0.2) is 32.5 Å². The summed E-state index contributed by atoms with van der Waals surface area (Å²) in [6.45, 7) is 7.57. The van der Waals surface area contributed by atoms with Crippen LogP contribution in [0.3, 0.4) is 0 Å². The Hall–Kier alpha value is -1.07. The minimum atomic E-state index is 0.193. The van der Waals surface area contributed by atoms with E-state index in [0.717, 1.165) is 29.1 Å². The molecule has 19 heavy (non-hydrogen) atoms. The summed E-state index contributed by atoms with van der Waals surface area (Å²) in [6, 6.07) is 0.193. The van der Waals surface area contributed by atoms with Crippen LogP contribution < -0.4 is 0 Å². The number of rotatable bonds is 6. The summed E-state index contributed by atoms with van der Waals surface area (Å²) in [7, 11) is 1.95. The van der Waals surface area contributed by atoms with Crippen molar-refractivity contribution < 1.29 is 4.74 Å². The molecule has 0 aliphatic heterocycles. The number of aromatic nitrogens is 4. The number of alkyl halides is 1. The van der Waals surface area contributed by atoms with Gasteiger partial charge in [0.1, 0.15) is 11.3 Å². The predicted molar refractivity (Wildman–Crippen MR) is 76.6 cm³/mol. The van der Waals surface area contributed by atoms with E-state index in [9.17, 15) is 0 Å². The van der Waals surface area contributed by atoms with Crippen molar-refractivity contribution in [1.29, 1.82) is 0 Å². The van der Waals surface area contributed by atoms with Crippen molar-refractivity contribution in [3.63, 3.8) is 0 Å². The van der Waals surface area contributed by atoms with E-state index in [-0.39, 0.29) is 6.04 Å². The zero-order chi connectivity index (χ0) is 14.0. The summed E-state index contributed by atoms with van der Waals surface area (Å²) in [4.78, 5) is 4.64. The van der Waals surface area contributed by atoms with Gasteiger partial charge in [-0.3, -0.25) is 4.68 Å². The average molecular weight is 285 g/mol. The lowest BCUT2D eigenvalue weighted by Crippen LogP contribution is -2.16. The topological polar surface area (TPSA) is 44.9 Å². The Kier molecular flexibility index (Phi) is 4.47. The van der Waals surface area contributed by atoms with E-state index in [1.165, 1.54) is 0 Å². The zero-order valence-corrected chi connectivity index (χ0v) is 12.7. The second-order valence-electron chi connectivity index (χ2n) is 4.64. The zero-order valence-electron chi connectivity index (χ0n) is 12.0. The number of hydrogen-bond acceptors (Lipinski definition) is 3. The molecule has 0 aliphatic rings. The van der Waals surface area contributed by atoms with Gasteiger partial charge >= 0.3 is 0 Å². The average Bonchev–Trinajstić information content (AvgIpc) is 2.93. The number of ether oxygens (including phenoxy) is 1. The smallest absolute Gasteiger partial charge is 0.159 e. The standard InChI is InChI=1S/C13H21ClN4O/c1-5-10-12-13(17(4)16-10)18(11(7-14)15-12)9(3)8-19-6-2/h9H,5-8H2,1-4H3. The second kappa shape index (κ2) is 5.92. The number of hydrogen-bond donors (Lipinski definition) is 0. The summed E-state index contributed by atoms with van der Waals surface area (Å²) in [5, 5.41) is 4.52. The third-order valence-corrected chi connectivity index (χ3v) is 3.51. The van der Waals surface area contributed by atoms with Crippen molar-refractivity contribution in [1.82, 2.24) is 19.3 Å². The number of imidazole rings is 1. The lowest BCUT2D eigenvalue weighted by Gasteiger charge is -2.16. The molecule has 0 saturated heterocycles. The van der Waals surface area contributed by atoms with Crippen LogP contribution in [0.15, 0.2) is 0 Å². The quantitative estimate of drug-likeness (QED) is 0.766. The molecule has 0 bridgehead atoms. The Balaban J connectivity index is 2.53. The van der Waals surface area contributed by atoms with Crippen molar-refractivity contribution in [2.75, 3.05) is 13.2 Å². The summed E-state index contributed by atoms with van der Waals surface area (Å²) >= 11 is 6.03. The van der Waals surface area contributed by atoms with E-state index < -0.39 is 0 Å². The van der Waals surface area contributed by atoms with Gasteiger partial charge in [-0.1, -0.05) is 6.92 Å². The minimum absolute atomic E-state index is 0.193. The monoisotopic (exact) mass is 284 g/mol. The van der Waals surface area contributed by atoms with Gasteiger partial charge in [-0.25, -0.2) is 4.98 Å². The van der Waals surface area contributed by atoms with Gasteiger partial charge in [-0.2, -0.15) is 5.10 Å². The van der Waals surface area contributed by atoms with Crippen LogP contribution in [-0.2, 0) is 24.1 Å². The highest BCUT2D eigenvalue weighted by atomic mass is 35.5. The molecule has 106 valence electrons. The lowest BCUT2D eigenvalue weighted by atomic mass is 10.3. The van der Waals surface area contributed by atoms with E-state index in [0.29, 0.717) is 19.1 Å². The summed E-state index contributed by atoms with van der Waals surface area (Å²) in [5.74, 6) is 1.28. The molecule has 0 saturated carbocycles. The van der Waals surface area contributed by atoms with E-state index in [1.807, 2.05) is 18.7 Å². The van der Waals surface area contributed by atoms with E-state index in [4.69, 9.17) is 16.3 Å².